The average Bonchev–Trinajstić information content (AvgIpc) is 3.37. The number of hydrogen-bond acceptors (Lipinski definition) is 14. The summed E-state index contributed by atoms with van der Waals surface area (Å²) in [5.41, 5.74) is 12.6. The van der Waals surface area contributed by atoms with Gasteiger partial charge in [0.2, 0.25) is 0 Å². The van der Waals surface area contributed by atoms with E-state index in [2.05, 4.69) is 19.9 Å². The fraction of sp³-hybridized carbons (Fsp3) is 0.250. The highest BCUT2D eigenvalue weighted by Crippen LogP contribution is 2.27. The quantitative estimate of drug-likeness (QED) is 0.134. The number of nitrogens with zero attached hydrogens (tertiary/aromatic N) is 8. The number of Topliss-reactive ketones (excluding diaryl/α,β-unsaturated/α-hetero) is 1. The Bertz CT molecular complexity index is 2700. The second kappa shape index (κ2) is 21.9. The number of esters is 1. The first-order chi connectivity index (χ1) is 32.7. The maximum Gasteiger partial charge on any atom is 0.339 e. The first-order valence-corrected chi connectivity index (χ1v) is 25.1. The van der Waals surface area contributed by atoms with E-state index in [-0.39, 0.29) is 86.7 Å². The topological polar surface area (TPSA) is 236 Å². The minimum atomic E-state index is -3.12. The number of ether oxygens (including phenoxy) is 1. The van der Waals surface area contributed by atoms with Crippen LogP contribution in [0.2, 0.25) is 0 Å². The molecule has 68 heavy (non-hydrogen) atoms. The van der Waals surface area contributed by atoms with Gasteiger partial charge in [-0.05, 0) is 95.1 Å². The lowest BCUT2D eigenvalue weighted by molar-refractivity contribution is 0.0600. The molecule has 0 radical (unpaired) electrons. The Morgan fingerprint density at radius 3 is 1.25 bits per heavy atom. The summed E-state index contributed by atoms with van der Waals surface area (Å²) in [6.07, 6.45) is 9.72. The van der Waals surface area contributed by atoms with E-state index in [9.17, 15) is 36.0 Å². The number of benzene rings is 2. The van der Waals surface area contributed by atoms with Crippen molar-refractivity contribution in [2.45, 2.75) is 13.1 Å². The van der Waals surface area contributed by atoms with Crippen LogP contribution in [-0.4, -0.2) is 133 Å². The summed E-state index contributed by atoms with van der Waals surface area (Å²) in [4.78, 5) is 73.3. The van der Waals surface area contributed by atoms with E-state index < -0.39 is 25.6 Å². The number of nitrogens with two attached hydrogens (primary N) is 1. The van der Waals surface area contributed by atoms with Crippen molar-refractivity contribution < 1.29 is 40.8 Å². The summed E-state index contributed by atoms with van der Waals surface area (Å²) in [6, 6.07) is 28.7. The number of hydrogen-bond donors (Lipinski definition) is 1. The van der Waals surface area contributed by atoms with Crippen LogP contribution < -0.4 is 15.5 Å². The zero-order valence-electron chi connectivity index (χ0n) is 37.1. The van der Waals surface area contributed by atoms with Crippen molar-refractivity contribution in [2.75, 3.05) is 72.6 Å². The summed E-state index contributed by atoms with van der Waals surface area (Å²) in [6.45, 7) is 0.774. The lowest BCUT2D eigenvalue weighted by Crippen LogP contribution is -2.49. The molecular formula is C48H49N9O9S2. The molecule has 18 nitrogen and oxygen atoms in total. The van der Waals surface area contributed by atoms with Crippen molar-refractivity contribution in [3.63, 3.8) is 0 Å². The molecule has 4 amide bonds. The van der Waals surface area contributed by atoms with Crippen molar-refractivity contribution in [3.05, 3.63) is 157 Å². The number of anilines is 2. The Hall–Kier alpha value is -7.42. The van der Waals surface area contributed by atoms with Gasteiger partial charge in [-0.25, -0.2) is 31.2 Å². The largest absolute Gasteiger partial charge is 0.465 e. The van der Waals surface area contributed by atoms with Crippen LogP contribution in [-0.2, 0) is 37.5 Å². The van der Waals surface area contributed by atoms with Crippen LogP contribution in [0.4, 0.5) is 21.0 Å². The molecule has 0 saturated carbocycles. The van der Waals surface area contributed by atoms with E-state index in [1.165, 1.54) is 19.5 Å². The molecule has 20 heteroatoms. The Kier molecular flexibility index (Phi) is 15.6. The van der Waals surface area contributed by atoms with Crippen molar-refractivity contribution in [3.8, 4) is 22.3 Å². The zero-order valence-corrected chi connectivity index (χ0v) is 38.8. The van der Waals surface area contributed by atoms with Crippen molar-refractivity contribution in [2.24, 2.45) is 5.73 Å². The second-order valence-electron chi connectivity index (χ2n) is 15.8. The molecule has 0 unspecified atom stereocenters. The van der Waals surface area contributed by atoms with Gasteiger partial charge in [0.05, 0.1) is 66.7 Å². The predicted octanol–water partition coefficient (Wildman–Crippen LogP) is 4.93. The first-order valence-electron chi connectivity index (χ1n) is 21.5. The van der Waals surface area contributed by atoms with Gasteiger partial charge in [0, 0.05) is 80.3 Å². The standard InChI is InChI=1S/C24H25N5O4S.C24H24N4O5S/c25-15-23(30)20-1-4-21(27-16-20)17-29(24(31)28-11-13-34(32,33)14-12-28)22-5-2-18(3-6-22)19-7-9-26-10-8-19;1-33-23(29)20-2-5-21(26-16-20)17-28(24(30)27-12-14-34(31,32)15-13-27)22-6-3-18(4-7-22)19-8-10-25-11-9-19/h1-10,16H,11-15,17,25H2;2-11,16H,12-15,17H2,1H3. The van der Waals surface area contributed by atoms with Gasteiger partial charge in [0.15, 0.2) is 25.5 Å². The average molecular weight is 960 g/mol. The van der Waals surface area contributed by atoms with E-state index in [0.717, 1.165) is 22.3 Å². The fourth-order valence-corrected chi connectivity index (χ4v) is 9.73. The van der Waals surface area contributed by atoms with Crippen LogP contribution >= 0.6 is 0 Å². The molecular weight excluding hydrogens is 911 g/mol. The summed E-state index contributed by atoms with van der Waals surface area (Å²) in [5.74, 6) is -0.927. The van der Waals surface area contributed by atoms with Crippen LogP contribution in [0.25, 0.3) is 22.3 Å². The molecule has 0 atom stereocenters. The Labute approximate surface area is 394 Å². The van der Waals surface area contributed by atoms with Gasteiger partial charge in [-0.1, -0.05) is 24.3 Å². The third-order valence-electron chi connectivity index (χ3n) is 11.3. The lowest BCUT2D eigenvalue weighted by Gasteiger charge is -2.33. The van der Waals surface area contributed by atoms with Gasteiger partial charge in [-0.15, -0.1) is 0 Å². The van der Waals surface area contributed by atoms with Crippen LogP contribution in [0.15, 0.2) is 134 Å². The monoisotopic (exact) mass is 959 g/mol. The van der Waals surface area contributed by atoms with Crippen LogP contribution in [0.5, 0.6) is 0 Å². The Morgan fingerprint density at radius 1 is 0.544 bits per heavy atom. The zero-order chi connectivity index (χ0) is 48.3. The highest BCUT2D eigenvalue weighted by atomic mass is 32.2. The molecule has 2 aliphatic rings. The van der Waals surface area contributed by atoms with Crippen LogP contribution in [0.1, 0.15) is 32.1 Å². The molecule has 0 bridgehead atoms. The minimum Gasteiger partial charge on any atom is -0.465 e. The molecule has 0 spiro atoms. The molecule has 2 saturated heterocycles. The number of sulfone groups is 2. The molecule has 6 heterocycles. The van der Waals surface area contributed by atoms with Crippen molar-refractivity contribution in [1.29, 1.82) is 0 Å². The first kappa shape index (κ1) is 48.5. The minimum absolute atomic E-state index is 0.0539. The third-order valence-corrected chi connectivity index (χ3v) is 14.5. The van der Waals surface area contributed by atoms with E-state index in [1.54, 1.807) is 68.7 Å². The molecule has 4 aromatic heterocycles. The van der Waals surface area contributed by atoms with Crippen LogP contribution in [0.3, 0.4) is 0 Å². The molecule has 2 aliphatic heterocycles. The van der Waals surface area contributed by atoms with Gasteiger partial charge < -0.3 is 20.3 Å². The molecule has 6 aromatic rings. The van der Waals surface area contributed by atoms with Gasteiger partial charge in [-0.3, -0.25) is 34.5 Å². The van der Waals surface area contributed by atoms with Crippen molar-refractivity contribution >= 4 is 54.9 Å². The maximum atomic E-state index is 13.4. The molecule has 0 aliphatic carbocycles. The number of ketones is 1. The SMILES string of the molecule is COC(=O)c1ccc(CN(C(=O)N2CCS(=O)(=O)CC2)c2ccc(-c3ccncc3)cc2)nc1.NCC(=O)c1ccc(CN(C(=O)N2CCS(=O)(=O)CC2)c2ccc(-c3ccncc3)cc2)nc1. The van der Waals surface area contributed by atoms with E-state index in [1.807, 2.05) is 72.8 Å². The smallest absolute Gasteiger partial charge is 0.339 e. The van der Waals surface area contributed by atoms with Gasteiger partial charge in [0.1, 0.15) is 0 Å². The van der Waals surface area contributed by atoms with E-state index >= 15 is 0 Å². The predicted molar refractivity (Wildman–Crippen MR) is 256 cm³/mol. The normalized spacial score (nSPS) is 15.0. The van der Waals surface area contributed by atoms with Gasteiger partial charge in [0.25, 0.3) is 0 Å². The number of aromatic nitrogens is 4. The maximum absolute atomic E-state index is 13.4. The van der Waals surface area contributed by atoms with E-state index in [4.69, 9.17) is 10.5 Å². The second-order valence-corrected chi connectivity index (χ2v) is 20.4. The van der Waals surface area contributed by atoms with Gasteiger partial charge in [-0.2, -0.15) is 0 Å². The van der Waals surface area contributed by atoms with E-state index in [0.29, 0.717) is 33.9 Å². The van der Waals surface area contributed by atoms with Crippen molar-refractivity contribution in [1.82, 2.24) is 29.7 Å². The number of amides is 4. The summed E-state index contributed by atoms with van der Waals surface area (Å²) < 4.78 is 52.0. The number of rotatable bonds is 11. The fourth-order valence-electron chi connectivity index (χ4n) is 7.33. The molecule has 2 aromatic carbocycles. The molecule has 352 valence electrons. The summed E-state index contributed by atoms with van der Waals surface area (Å²) >= 11 is 0. The molecule has 8 rings (SSSR count). The highest BCUT2D eigenvalue weighted by Gasteiger charge is 2.31. The number of pyridine rings is 4. The highest BCUT2D eigenvalue weighted by molar-refractivity contribution is 7.91. The Balaban J connectivity index is 0.000000201. The third kappa shape index (κ3) is 12.5. The molecule has 2 fully saturated rings. The van der Waals surface area contributed by atoms with Crippen LogP contribution in [0, 0.1) is 0 Å². The number of urea groups is 2. The summed E-state index contributed by atoms with van der Waals surface area (Å²) in [7, 11) is -4.95. The van der Waals surface area contributed by atoms with Gasteiger partial charge >= 0.3 is 18.0 Å². The summed E-state index contributed by atoms with van der Waals surface area (Å²) in [5, 5.41) is 0. The number of carbonyl (C=O) groups excluding carboxylic acids is 4. The number of methoxy groups -OCH3 is 1. The molecule has 2 N–H and O–H groups in total. The Morgan fingerprint density at radius 2 is 0.912 bits per heavy atom. The number of carbonyl (C=O) groups is 4. The lowest BCUT2D eigenvalue weighted by atomic mass is 10.1.